The van der Waals surface area contributed by atoms with Crippen molar-refractivity contribution in [3.05, 3.63) is 33.1 Å². The van der Waals surface area contributed by atoms with Crippen LogP contribution >= 0.6 is 0 Å². The van der Waals surface area contributed by atoms with E-state index in [2.05, 4.69) is 4.74 Å². The Morgan fingerprint density at radius 3 is 2.28 bits per heavy atom. The molecule has 0 aliphatic carbocycles. The second-order valence-electron chi connectivity index (χ2n) is 6.17. The Hall–Kier alpha value is -3.09. The van der Waals surface area contributed by atoms with E-state index in [0.29, 0.717) is 4.57 Å². The van der Waals surface area contributed by atoms with Crippen molar-refractivity contribution in [1.29, 1.82) is 0 Å². The number of hydrogen-bond acceptors (Lipinski definition) is 9. The molecular weight excluding hydrogens is 402 g/mol. The van der Waals surface area contributed by atoms with Crippen LogP contribution in [0.2, 0.25) is 0 Å². The van der Waals surface area contributed by atoms with E-state index in [1.165, 1.54) is 0 Å². The zero-order valence-corrected chi connectivity index (χ0v) is 15.5. The van der Waals surface area contributed by atoms with Crippen molar-refractivity contribution in [2.45, 2.75) is 51.2 Å². The highest BCUT2D eigenvalue weighted by Gasteiger charge is 2.65. The fourth-order valence-corrected chi connectivity index (χ4v) is 2.86. The molecule has 1 N–H and O–H groups in total. The zero-order chi connectivity index (χ0) is 21.9. The van der Waals surface area contributed by atoms with E-state index in [0.717, 1.165) is 33.0 Å². The van der Waals surface area contributed by atoms with Crippen LogP contribution in [-0.4, -0.2) is 58.3 Å². The van der Waals surface area contributed by atoms with Gasteiger partial charge in [-0.3, -0.25) is 28.7 Å². The quantitative estimate of drug-likeness (QED) is 0.476. The van der Waals surface area contributed by atoms with Crippen LogP contribution in [0, 0.1) is 0 Å². The SMILES string of the molecule is CC(=O)OC[C@@]1(C(F)F)O[C@@H](n2ccc(=O)[nH]c2=O)[C@H](OC(C)=O)[C@@H]1OC(C)=O. The van der Waals surface area contributed by atoms with Crippen molar-refractivity contribution in [3.8, 4) is 0 Å². The van der Waals surface area contributed by atoms with Crippen molar-refractivity contribution in [1.82, 2.24) is 9.55 Å². The summed E-state index contributed by atoms with van der Waals surface area (Å²) in [6, 6.07) is 0.908. The van der Waals surface area contributed by atoms with Crippen LogP contribution in [0.25, 0.3) is 0 Å². The molecule has 1 aromatic rings. The minimum atomic E-state index is -3.40. The van der Waals surface area contributed by atoms with Gasteiger partial charge in [-0.05, 0) is 0 Å². The third kappa shape index (κ3) is 4.67. The fraction of sp³-hybridized carbons (Fsp3) is 0.562. The number of nitrogens with one attached hydrogen (secondary N) is 1. The molecule has 0 bridgehead atoms. The van der Waals surface area contributed by atoms with E-state index in [1.807, 2.05) is 4.98 Å². The predicted molar refractivity (Wildman–Crippen MR) is 87.9 cm³/mol. The van der Waals surface area contributed by atoms with E-state index >= 15 is 0 Å². The molecule has 0 spiro atoms. The Bertz CT molecular complexity index is 912. The first kappa shape index (κ1) is 22.2. The molecule has 1 aliphatic rings. The highest BCUT2D eigenvalue weighted by molar-refractivity contribution is 5.68. The van der Waals surface area contributed by atoms with Crippen molar-refractivity contribution in [2.24, 2.45) is 0 Å². The van der Waals surface area contributed by atoms with Crippen molar-refractivity contribution in [2.75, 3.05) is 6.61 Å². The van der Waals surface area contributed by atoms with Gasteiger partial charge in [-0.1, -0.05) is 0 Å². The first-order valence-electron chi connectivity index (χ1n) is 8.23. The lowest BCUT2D eigenvalue weighted by molar-refractivity contribution is -0.212. The molecule has 11 nitrogen and oxygen atoms in total. The van der Waals surface area contributed by atoms with Gasteiger partial charge in [0.2, 0.25) is 5.60 Å². The molecule has 1 saturated heterocycles. The number of H-pyrrole nitrogens is 1. The Balaban J connectivity index is 2.64. The Labute approximate surface area is 161 Å². The van der Waals surface area contributed by atoms with Crippen LogP contribution in [0.15, 0.2) is 21.9 Å². The maximum atomic E-state index is 14.1. The molecule has 2 rings (SSSR count). The number of carbonyl (C=O) groups is 3. The topological polar surface area (TPSA) is 143 Å². The summed E-state index contributed by atoms with van der Waals surface area (Å²) in [5.74, 6) is -2.89. The number of aromatic amines is 1. The molecule has 0 radical (unpaired) electrons. The van der Waals surface area contributed by atoms with Crippen LogP contribution in [0.3, 0.4) is 0 Å². The number of ether oxygens (including phenoxy) is 4. The molecule has 4 atom stereocenters. The lowest BCUT2D eigenvalue weighted by Gasteiger charge is -2.32. The zero-order valence-electron chi connectivity index (χ0n) is 15.5. The first-order chi connectivity index (χ1) is 13.5. The third-order valence-corrected chi connectivity index (χ3v) is 3.99. The number of carbonyl (C=O) groups excluding carboxylic acids is 3. The molecule has 0 amide bonds. The van der Waals surface area contributed by atoms with Crippen LogP contribution < -0.4 is 11.2 Å². The number of halogens is 2. The highest BCUT2D eigenvalue weighted by Crippen LogP contribution is 2.44. The van der Waals surface area contributed by atoms with E-state index in [1.54, 1.807) is 0 Å². The molecule has 29 heavy (non-hydrogen) atoms. The molecule has 160 valence electrons. The predicted octanol–water partition coefficient (Wildman–Crippen LogP) is -0.504. The lowest BCUT2D eigenvalue weighted by Crippen LogP contribution is -2.55. The summed E-state index contributed by atoms with van der Waals surface area (Å²) in [6.07, 6.45) is -7.85. The van der Waals surface area contributed by atoms with Crippen molar-refractivity contribution in [3.63, 3.8) is 0 Å². The van der Waals surface area contributed by atoms with Crippen LogP contribution in [-0.2, 0) is 33.3 Å². The number of aromatic nitrogens is 2. The fourth-order valence-electron chi connectivity index (χ4n) is 2.86. The molecule has 1 fully saturated rings. The Morgan fingerprint density at radius 1 is 1.17 bits per heavy atom. The standard InChI is InChI=1S/C16H18F2N2O9/c1-7(21)26-6-16(14(17)18)12(28-9(3)23)11(27-8(2)22)13(29-16)20-5-4-10(24)19-15(20)25/h4-5,11-14H,6H2,1-3H3,(H,19,24,25)/t11-,12+,13-,16-/m1/s1. The summed E-state index contributed by atoms with van der Waals surface area (Å²) in [5, 5.41) is 0. The molecular formula is C16H18F2N2O9. The molecule has 2 heterocycles. The van der Waals surface area contributed by atoms with Gasteiger partial charge >= 0.3 is 23.6 Å². The molecule has 1 aromatic heterocycles. The molecule has 0 aromatic carbocycles. The van der Waals surface area contributed by atoms with E-state index < -0.39 is 66.2 Å². The van der Waals surface area contributed by atoms with Gasteiger partial charge in [-0.25, -0.2) is 13.6 Å². The van der Waals surface area contributed by atoms with Crippen LogP contribution in [0.1, 0.15) is 27.0 Å². The summed E-state index contributed by atoms with van der Waals surface area (Å²) in [4.78, 5) is 59.6. The second-order valence-corrected chi connectivity index (χ2v) is 6.17. The number of alkyl halides is 2. The lowest BCUT2D eigenvalue weighted by atomic mass is 9.95. The number of esters is 3. The average molecular weight is 420 g/mol. The normalized spacial score (nSPS) is 26.2. The largest absolute Gasteiger partial charge is 0.462 e. The monoisotopic (exact) mass is 420 g/mol. The number of rotatable bonds is 6. The van der Waals surface area contributed by atoms with Gasteiger partial charge in [0, 0.05) is 33.0 Å². The smallest absolute Gasteiger partial charge is 0.330 e. The molecule has 0 saturated carbocycles. The second kappa shape index (κ2) is 8.51. The summed E-state index contributed by atoms with van der Waals surface area (Å²) < 4.78 is 48.9. The third-order valence-electron chi connectivity index (χ3n) is 3.99. The summed E-state index contributed by atoms with van der Waals surface area (Å²) in [5.41, 5.74) is -4.58. The Morgan fingerprint density at radius 2 is 1.79 bits per heavy atom. The van der Waals surface area contributed by atoms with E-state index in [9.17, 15) is 32.8 Å². The van der Waals surface area contributed by atoms with Crippen LogP contribution in [0.4, 0.5) is 8.78 Å². The van der Waals surface area contributed by atoms with E-state index in [-0.39, 0.29) is 0 Å². The molecule has 13 heteroatoms. The summed E-state index contributed by atoms with van der Waals surface area (Å²) in [7, 11) is 0. The highest BCUT2D eigenvalue weighted by atomic mass is 19.3. The maximum absolute atomic E-state index is 14.1. The van der Waals surface area contributed by atoms with Gasteiger partial charge in [-0.15, -0.1) is 0 Å². The van der Waals surface area contributed by atoms with Gasteiger partial charge in [0.25, 0.3) is 12.0 Å². The van der Waals surface area contributed by atoms with Crippen molar-refractivity contribution >= 4 is 17.9 Å². The van der Waals surface area contributed by atoms with Crippen molar-refractivity contribution < 1.29 is 42.1 Å². The first-order valence-corrected chi connectivity index (χ1v) is 8.23. The molecule has 0 unspecified atom stereocenters. The van der Waals surface area contributed by atoms with E-state index in [4.69, 9.17) is 14.2 Å². The minimum absolute atomic E-state index is 0.684. The average Bonchev–Trinajstić information content (AvgIpc) is 2.87. The summed E-state index contributed by atoms with van der Waals surface area (Å²) >= 11 is 0. The van der Waals surface area contributed by atoms with Gasteiger partial charge < -0.3 is 18.9 Å². The van der Waals surface area contributed by atoms with Crippen LogP contribution in [0.5, 0.6) is 0 Å². The van der Waals surface area contributed by atoms with Gasteiger partial charge in [0.05, 0.1) is 0 Å². The van der Waals surface area contributed by atoms with Gasteiger partial charge in [0.1, 0.15) is 6.61 Å². The Kier molecular flexibility index (Phi) is 6.51. The number of hydrogen-bond donors (Lipinski definition) is 1. The minimum Gasteiger partial charge on any atom is -0.462 e. The number of nitrogens with zero attached hydrogens (tertiary/aromatic N) is 1. The van der Waals surface area contributed by atoms with Gasteiger partial charge in [0.15, 0.2) is 18.4 Å². The summed E-state index contributed by atoms with van der Waals surface area (Å²) in [6.45, 7) is 1.78. The van der Waals surface area contributed by atoms with Gasteiger partial charge in [-0.2, -0.15) is 0 Å². The maximum Gasteiger partial charge on any atom is 0.330 e. The molecule has 1 aliphatic heterocycles.